The van der Waals surface area contributed by atoms with Crippen LogP contribution in [0.5, 0.6) is 0 Å². The summed E-state index contributed by atoms with van der Waals surface area (Å²) in [5.74, 6) is 2.77. The first kappa shape index (κ1) is 18.7. The summed E-state index contributed by atoms with van der Waals surface area (Å²) >= 11 is 0. The first-order valence-corrected chi connectivity index (χ1v) is 9.32. The van der Waals surface area contributed by atoms with E-state index in [0.717, 1.165) is 25.9 Å². The van der Waals surface area contributed by atoms with Gasteiger partial charge in [-0.2, -0.15) is 0 Å². The highest BCUT2D eigenvalue weighted by atomic mass is 16.3. The lowest BCUT2D eigenvalue weighted by atomic mass is 10.1. The Morgan fingerprint density at radius 2 is 1.46 bits per heavy atom. The van der Waals surface area contributed by atoms with Gasteiger partial charge < -0.3 is 5.11 Å². The minimum atomic E-state index is -0.388. The van der Waals surface area contributed by atoms with Gasteiger partial charge in [0.05, 0.1) is 12.6 Å². The molecule has 0 aliphatic heterocycles. The molecular formula is C23H28N2O. The second-order valence-electron chi connectivity index (χ2n) is 7.20. The van der Waals surface area contributed by atoms with Crippen molar-refractivity contribution >= 4 is 0 Å². The Kier molecular flexibility index (Phi) is 6.46. The van der Waals surface area contributed by atoms with E-state index < -0.39 is 0 Å². The largest absolute Gasteiger partial charge is 0.390 e. The van der Waals surface area contributed by atoms with Crippen LogP contribution in [0.15, 0.2) is 60.7 Å². The molecule has 1 aliphatic rings. The third kappa shape index (κ3) is 4.53. The van der Waals surface area contributed by atoms with Gasteiger partial charge >= 0.3 is 0 Å². The number of aliphatic hydroxyl groups is 1. The van der Waals surface area contributed by atoms with Crippen LogP contribution in [0.2, 0.25) is 0 Å². The van der Waals surface area contributed by atoms with E-state index in [2.05, 4.69) is 59.2 Å². The van der Waals surface area contributed by atoms with E-state index in [9.17, 15) is 5.11 Å². The topological polar surface area (TPSA) is 26.7 Å². The lowest BCUT2D eigenvalue weighted by Crippen LogP contribution is -2.47. The zero-order chi connectivity index (χ0) is 18.4. The molecule has 0 radical (unpaired) electrons. The molecule has 0 aromatic heterocycles. The summed E-state index contributed by atoms with van der Waals surface area (Å²) in [5.41, 5.74) is 2.51. The second kappa shape index (κ2) is 9.00. The average molecular weight is 348 g/mol. The van der Waals surface area contributed by atoms with Crippen LogP contribution in [0, 0.1) is 12.3 Å². The zero-order valence-corrected chi connectivity index (χ0v) is 15.5. The predicted octanol–water partition coefficient (Wildman–Crippen LogP) is 3.15. The maximum atomic E-state index is 11.0. The van der Waals surface area contributed by atoms with Crippen molar-refractivity contribution in [1.82, 2.24) is 9.80 Å². The van der Waals surface area contributed by atoms with E-state index in [1.807, 2.05) is 24.3 Å². The number of likely N-dealkylation sites (N-methyl/N-ethyl adjacent to an activating group) is 1. The molecule has 3 rings (SSSR count). The Balaban J connectivity index is 1.65. The predicted molar refractivity (Wildman–Crippen MR) is 106 cm³/mol. The van der Waals surface area contributed by atoms with Gasteiger partial charge in [-0.25, -0.2) is 0 Å². The summed E-state index contributed by atoms with van der Waals surface area (Å²) in [6.07, 6.45) is 7.18. The van der Waals surface area contributed by atoms with Crippen LogP contribution in [0.4, 0.5) is 0 Å². The molecule has 1 aliphatic carbocycles. The molecule has 0 amide bonds. The molecule has 2 aromatic carbocycles. The van der Waals surface area contributed by atoms with E-state index in [1.165, 1.54) is 11.1 Å². The van der Waals surface area contributed by atoms with Crippen LogP contribution in [0.25, 0.3) is 0 Å². The van der Waals surface area contributed by atoms with Crippen LogP contribution < -0.4 is 0 Å². The highest BCUT2D eigenvalue weighted by molar-refractivity contribution is 5.16. The molecule has 0 heterocycles. The van der Waals surface area contributed by atoms with Crippen LogP contribution >= 0.6 is 0 Å². The van der Waals surface area contributed by atoms with Crippen LogP contribution in [-0.4, -0.2) is 46.7 Å². The molecule has 1 fully saturated rings. The van der Waals surface area contributed by atoms with Crippen molar-refractivity contribution in [2.24, 2.45) is 0 Å². The monoisotopic (exact) mass is 348 g/mol. The van der Waals surface area contributed by atoms with Gasteiger partial charge in [0.25, 0.3) is 0 Å². The summed E-state index contributed by atoms with van der Waals surface area (Å²) in [6, 6.07) is 21.0. The smallest absolute Gasteiger partial charge is 0.0850 e. The Morgan fingerprint density at radius 1 is 0.923 bits per heavy atom. The Bertz CT molecular complexity index is 710. The van der Waals surface area contributed by atoms with Crippen molar-refractivity contribution in [3.05, 3.63) is 71.8 Å². The van der Waals surface area contributed by atoms with E-state index >= 15 is 0 Å². The summed E-state index contributed by atoms with van der Waals surface area (Å²) in [4.78, 5) is 4.52. The van der Waals surface area contributed by atoms with Gasteiger partial charge in [0.15, 0.2) is 0 Å². The van der Waals surface area contributed by atoms with Gasteiger partial charge in [-0.1, -0.05) is 66.6 Å². The number of rotatable bonds is 7. The zero-order valence-electron chi connectivity index (χ0n) is 15.5. The summed E-state index contributed by atoms with van der Waals surface area (Å²) in [6.45, 7) is 2.19. The fourth-order valence-corrected chi connectivity index (χ4v) is 4.03. The number of terminal acetylenes is 1. The molecule has 3 nitrogen and oxygen atoms in total. The molecule has 1 saturated carbocycles. The summed E-state index contributed by atoms with van der Waals surface area (Å²) < 4.78 is 0. The Labute approximate surface area is 157 Å². The van der Waals surface area contributed by atoms with Crippen molar-refractivity contribution in [2.75, 3.05) is 13.6 Å². The highest BCUT2D eigenvalue weighted by Gasteiger charge is 2.39. The molecule has 0 unspecified atom stereocenters. The number of hydrogen-bond donors (Lipinski definition) is 1. The van der Waals surface area contributed by atoms with Gasteiger partial charge in [-0.15, -0.1) is 6.42 Å². The lowest BCUT2D eigenvalue weighted by Gasteiger charge is -2.33. The van der Waals surface area contributed by atoms with Crippen molar-refractivity contribution in [2.45, 2.75) is 44.1 Å². The molecule has 3 atom stereocenters. The maximum absolute atomic E-state index is 11.0. The first-order chi connectivity index (χ1) is 12.7. The fraction of sp³-hybridized carbons (Fsp3) is 0.391. The Hall–Kier alpha value is -2.12. The molecule has 0 spiro atoms. The van der Waals surface area contributed by atoms with Crippen LogP contribution in [0.3, 0.4) is 0 Å². The molecule has 136 valence electrons. The van der Waals surface area contributed by atoms with Gasteiger partial charge in [-0.05, 0) is 31.0 Å². The Morgan fingerprint density at radius 3 is 2.04 bits per heavy atom. The highest BCUT2D eigenvalue weighted by Crippen LogP contribution is 2.29. The second-order valence-corrected chi connectivity index (χ2v) is 7.20. The van der Waals surface area contributed by atoms with Crippen molar-refractivity contribution in [1.29, 1.82) is 0 Å². The standard InChI is InChI=1S/C23H28N2O/c1-3-16-25(18-20-12-8-5-9-13-20)22-15-14-21(23(22)26)24(2)17-19-10-6-4-7-11-19/h1,4-13,21-23,26H,14-18H2,2H3/t21-,22-,23-/m1/s1. The molecule has 1 N–H and O–H groups in total. The number of nitrogens with zero attached hydrogens (tertiary/aromatic N) is 2. The molecule has 0 bridgehead atoms. The number of hydrogen-bond acceptors (Lipinski definition) is 3. The van der Waals surface area contributed by atoms with Crippen molar-refractivity contribution in [3.8, 4) is 12.3 Å². The first-order valence-electron chi connectivity index (χ1n) is 9.32. The minimum Gasteiger partial charge on any atom is -0.390 e. The van der Waals surface area contributed by atoms with E-state index in [4.69, 9.17) is 6.42 Å². The molecule has 2 aromatic rings. The van der Waals surface area contributed by atoms with Crippen LogP contribution in [0.1, 0.15) is 24.0 Å². The maximum Gasteiger partial charge on any atom is 0.0850 e. The lowest BCUT2D eigenvalue weighted by molar-refractivity contribution is 0.0261. The number of aliphatic hydroxyl groups excluding tert-OH is 1. The fourth-order valence-electron chi connectivity index (χ4n) is 4.03. The van der Waals surface area contributed by atoms with Gasteiger partial charge in [-0.3, -0.25) is 9.80 Å². The van der Waals surface area contributed by atoms with E-state index in [-0.39, 0.29) is 18.2 Å². The summed E-state index contributed by atoms with van der Waals surface area (Å²) in [7, 11) is 2.10. The third-order valence-electron chi connectivity index (χ3n) is 5.38. The molecular weight excluding hydrogens is 320 g/mol. The van der Waals surface area contributed by atoms with Crippen molar-refractivity contribution < 1.29 is 5.11 Å². The average Bonchev–Trinajstić information content (AvgIpc) is 3.04. The normalized spacial score (nSPS) is 22.7. The van der Waals surface area contributed by atoms with Gasteiger partial charge in [0, 0.05) is 25.2 Å². The summed E-state index contributed by atoms with van der Waals surface area (Å²) in [5, 5.41) is 11.0. The van der Waals surface area contributed by atoms with Gasteiger partial charge in [0.2, 0.25) is 0 Å². The molecule has 26 heavy (non-hydrogen) atoms. The van der Waals surface area contributed by atoms with Crippen molar-refractivity contribution in [3.63, 3.8) is 0 Å². The quantitative estimate of drug-likeness (QED) is 0.779. The SMILES string of the molecule is C#CCN(Cc1ccccc1)[C@@H]1CC[C@@H](N(C)Cc2ccccc2)[C@H]1O. The molecule has 3 heteroatoms. The van der Waals surface area contributed by atoms with Gasteiger partial charge in [0.1, 0.15) is 0 Å². The molecule has 0 saturated heterocycles. The van der Waals surface area contributed by atoms with E-state index in [0.29, 0.717) is 6.54 Å². The minimum absolute atomic E-state index is 0.106. The van der Waals surface area contributed by atoms with Crippen LogP contribution in [-0.2, 0) is 13.1 Å². The number of benzene rings is 2. The third-order valence-corrected chi connectivity index (χ3v) is 5.38. The van der Waals surface area contributed by atoms with E-state index in [1.54, 1.807) is 0 Å².